The van der Waals surface area contributed by atoms with Gasteiger partial charge < -0.3 is 15.7 Å². The van der Waals surface area contributed by atoms with E-state index in [1.807, 2.05) is 37.3 Å². The molecule has 0 radical (unpaired) electrons. The van der Waals surface area contributed by atoms with Crippen molar-refractivity contribution >= 4 is 17.8 Å². The summed E-state index contributed by atoms with van der Waals surface area (Å²) >= 11 is 0. The highest BCUT2D eigenvalue weighted by molar-refractivity contribution is 5.86. The third kappa shape index (κ3) is 6.07. The number of carboxylic acids is 1. The van der Waals surface area contributed by atoms with E-state index in [2.05, 4.69) is 10.6 Å². The molecule has 0 unspecified atom stereocenters. The zero-order valence-electron chi connectivity index (χ0n) is 12.1. The minimum Gasteiger partial charge on any atom is -0.480 e. The normalized spacial score (nSPS) is 13.0. The second kappa shape index (κ2) is 8.04. The van der Waals surface area contributed by atoms with Crippen molar-refractivity contribution < 1.29 is 19.5 Å². The molecule has 0 saturated carbocycles. The Bertz CT molecular complexity index is 502. The van der Waals surface area contributed by atoms with Crippen molar-refractivity contribution in [2.75, 3.05) is 0 Å². The Balaban J connectivity index is 2.34. The highest BCUT2D eigenvalue weighted by Crippen LogP contribution is 2.11. The Labute approximate surface area is 123 Å². The van der Waals surface area contributed by atoms with Crippen LogP contribution in [0.2, 0.25) is 0 Å². The minimum absolute atomic E-state index is 0.0232. The van der Waals surface area contributed by atoms with Crippen molar-refractivity contribution in [1.29, 1.82) is 0 Å². The van der Waals surface area contributed by atoms with E-state index in [1.54, 1.807) is 0 Å². The van der Waals surface area contributed by atoms with Gasteiger partial charge in [-0.15, -0.1) is 0 Å². The number of amides is 2. The van der Waals surface area contributed by atoms with E-state index >= 15 is 0 Å². The van der Waals surface area contributed by atoms with Gasteiger partial charge >= 0.3 is 5.97 Å². The Kier molecular flexibility index (Phi) is 6.39. The fourth-order valence-electron chi connectivity index (χ4n) is 1.74. The Morgan fingerprint density at radius 3 is 2.05 bits per heavy atom. The van der Waals surface area contributed by atoms with Crippen molar-refractivity contribution in [3.63, 3.8) is 0 Å². The van der Waals surface area contributed by atoms with Gasteiger partial charge in [-0.05, 0) is 19.4 Å². The predicted octanol–water partition coefficient (Wildman–Crippen LogP) is 1.23. The molecule has 0 spiro atoms. The second-order valence-electron chi connectivity index (χ2n) is 4.83. The van der Waals surface area contributed by atoms with Crippen LogP contribution in [-0.4, -0.2) is 28.9 Å². The molecule has 114 valence electrons. The average Bonchev–Trinajstić information content (AvgIpc) is 2.45. The molecule has 0 aliphatic rings. The topological polar surface area (TPSA) is 95.5 Å². The van der Waals surface area contributed by atoms with Gasteiger partial charge in [0.25, 0.3) is 0 Å². The van der Waals surface area contributed by atoms with Crippen LogP contribution in [0.4, 0.5) is 0 Å². The van der Waals surface area contributed by atoms with Gasteiger partial charge in [0.05, 0.1) is 6.04 Å². The molecule has 0 aliphatic heterocycles. The summed E-state index contributed by atoms with van der Waals surface area (Å²) < 4.78 is 0. The van der Waals surface area contributed by atoms with Crippen molar-refractivity contribution in [1.82, 2.24) is 10.6 Å². The average molecular weight is 292 g/mol. The van der Waals surface area contributed by atoms with Gasteiger partial charge in [-0.25, -0.2) is 0 Å². The molecule has 3 N–H and O–H groups in total. The van der Waals surface area contributed by atoms with Crippen LogP contribution in [0.1, 0.15) is 38.3 Å². The van der Waals surface area contributed by atoms with Crippen LogP contribution in [0, 0.1) is 0 Å². The first-order chi connectivity index (χ1) is 9.90. The zero-order chi connectivity index (χ0) is 15.8. The molecule has 6 nitrogen and oxygen atoms in total. The molecule has 0 aromatic heterocycles. The van der Waals surface area contributed by atoms with Gasteiger partial charge in [0.1, 0.15) is 6.04 Å². The molecule has 0 bridgehead atoms. The van der Waals surface area contributed by atoms with Crippen LogP contribution in [0.15, 0.2) is 30.3 Å². The number of rotatable bonds is 7. The van der Waals surface area contributed by atoms with Crippen LogP contribution in [-0.2, 0) is 14.4 Å². The van der Waals surface area contributed by atoms with E-state index in [0.717, 1.165) is 5.56 Å². The zero-order valence-corrected chi connectivity index (χ0v) is 12.1. The number of aliphatic carboxylic acids is 1. The van der Waals surface area contributed by atoms with E-state index in [9.17, 15) is 14.4 Å². The maximum Gasteiger partial charge on any atom is 0.325 e. The molecule has 21 heavy (non-hydrogen) atoms. The summed E-state index contributed by atoms with van der Waals surface area (Å²) in [5.41, 5.74) is 0.981. The molecule has 1 aromatic carbocycles. The Morgan fingerprint density at radius 1 is 1.00 bits per heavy atom. The third-order valence-electron chi connectivity index (χ3n) is 3.00. The number of carbonyl (C=O) groups excluding carboxylic acids is 2. The quantitative estimate of drug-likeness (QED) is 0.704. The molecule has 2 atom stereocenters. The van der Waals surface area contributed by atoms with E-state index in [-0.39, 0.29) is 24.8 Å². The van der Waals surface area contributed by atoms with E-state index in [4.69, 9.17) is 5.11 Å². The highest BCUT2D eigenvalue weighted by Gasteiger charge is 2.15. The van der Waals surface area contributed by atoms with Crippen molar-refractivity contribution in [3.8, 4) is 0 Å². The summed E-state index contributed by atoms with van der Waals surface area (Å²) in [6, 6.07) is 8.39. The van der Waals surface area contributed by atoms with Gasteiger partial charge in [-0.1, -0.05) is 30.3 Å². The monoisotopic (exact) mass is 292 g/mol. The summed E-state index contributed by atoms with van der Waals surface area (Å²) in [5, 5.41) is 13.8. The molecule has 1 aromatic rings. The van der Waals surface area contributed by atoms with E-state index in [0.29, 0.717) is 0 Å². The van der Waals surface area contributed by atoms with Crippen LogP contribution >= 0.6 is 0 Å². The number of hydrogen-bond acceptors (Lipinski definition) is 3. The van der Waals surface area contributed by atoms with Crippen molar-refractivity contribution in [2.24, 2.45) is 0 Å². The Morgan fingerprint density at radius 2 is 1.52 bits per heavy atom. The maximum atomic E-state index is 11.7. The molecule has 0 aliphatic carbocycles. The molecule has 0 saturated heterocycles. The summed E-state index contributed by atoms with van der Waals surface area (Å²) in [5.74, 6) is -1.80. The first-order valence-electron chi connectivity index (χ1n) is 6.76. The highest BCUT2D eigenvalue weighted by atomic mass is 16.4. The summed E-state index contributed by atoms with van der Waals surface area (Å²) in [4.78, 5) is 33.8. The molecular formula is C15H20N2O4. The maximum absolute atomic E-state index is 11.7. The van der Waals surface area contributed by atoms with Gasteiger partial charge in [0.15, 0.2) is 0 Å². The predicted molar refractivity (Wildman–Crippen MR) is 77.5 cm³/mol. The molecule has 2 amide bonds. The lowest BCUT2D eigenvalue weighted by Crippen LogP contribution is -2.38. The molecule has 6 heteroatoms. The molecule has 0 heterocycles. The summed E-state index contributed by atoms with van der Waals surface area (Å²) in [6.07, 6.45) is -0.0136. The fourth-order valence-corrected chi connectivity index (χ4v) is 1.74. The lowest BCUT2D eigenvalue weighted by Gasteiger charge is -2.14. The first kappa shape index (κ1) is 16.7. The van der Waals surface area contributed by atoms with E-state index < -0.39 is 17.9 Å². The van der Waals surface area contributed by atoms with Gasteiger partial charge in [0, 0.05) is 12.8 Å². The second-order valence-corrected chi connectivity index (χ2v) is 4.83. The number of benzene rings is 1. The summed E-state index contributed by atoms with van der Waals surface area (Å²) in [6.45, 7) is 3.23. The first-order valence-corrected chi connectivity index (χ1v) is 6.76. The Hall–Kier alpha value is -2.37. The van der Waals surface area contributed by atoms with E-state index in [1.165, 1.54) is 6.92 Å². The number of hydrogen-bond donors (Lipinski definition) is 3. The van der Waals surface area contributed by atoms with Crippen LogP contribution < -0.4 is 10.6 Å². The smallest absolute Gasteiger partial charge is 0.325 e. The van der Waals surface area contributed by atoms with Crippen molar-refractivity contribution in [3.05, 3.63) is 35.9 Å². The third-order valence-corrected chi connectivity index (χ3v) is 3.00. The van der Waals surface area contributed by atoms with Gasteiger partial charge in [-0.2, -0.15) is 0 Å². The van der Waals surface area contributed by atoms with Gasteiger partial charge in [0.2, 0.25) is 11.8 Å². The largest absolute Gasteiger partial charge is 0.480 e. The van der Waals surface area contributed by atoms with Crippen LogP contribution in [0.25, 0.3) is 0 Å². The standard InChI is InChI=1S/C15H20N2O4/c1-10(12-6-4-3-5-7-12)16-13(18)8-9-14(19)17-11(2)15(20)21/h3-7,10-11H,8-9H2,1-2H3,(H,16,18)(H,17,19)(H,20,21)/t10-,11+/m1/s1. The molecular weight excluding hydrogens is 272 g/mol. The van der Waals surface area contributed by atoms with Crippen molar-refractivity contribution in [2.45, 2.75) is 38.8 Å². The minimum atomic E-state index is -1.11. The van der Waals surface area contributed by atoms with Crippen LogP contribution in [0.5, 0.6) is 0 Å². The molecule has 0 fully saturated rings. The van der Waals surface area contributed by atoms with Gasteiger partial charge in [-0.3, -0.25) is 14.4 Å². The fraction of sp³-hybridized carbons (Fsp3) is 0.400. The van der Waals surface area contributed by atoms with Crippen LogP contribution in [0.3, 0.4) is 0 Å². The lowest BCUT2D eigenvalue weighted by molar-refractivity contribution is -0.141. The summed E-state index contributed by atoms with van der Waals surface area (Å²) in [7, 11) is 0. The number of nitrogens with one attached hydrogen (secondary N) is 2. The number of carboxylic acid groups (broad SMARTS) is 1. The SMILES string of the molecule is C[C@H](NC(=O)CCC(=O)N[C@H](C)c1ccccc1)C(=O)O. The molecule has 1 rings (SSSR count). The lowest BCUT2D eigenvalue weighted by atomic mass is 10.1. The number of carbonyl (C=O) groups is 3.